The van der Waals surface area contributed by atoms with Crippen LogP contribution in [0.4, 0.5) is 0 Å². The zero-order valence-corrected chi connectivity index (χ0v) is 12.7. The number of aromatic nitrogens is 6. The van der Waals surface area contributed by atoms with Gasteiger partial charge in [0.1, 0.15) is 11.6 Å². The van der Waals surface area contributed by atoms with Gasteiger partial charge in [-0.3, -0.25) is 10.1 Å². The fourth-order valence-corrected chi connectivity index (χ4v) is 2.87. The monoisotopic (exact) mass is 310 g/mol. The van der Waals surface area contributed by atoms with Gasteiger partial charge < -0.3 is 9.30 Å². The van der Waals surface area contributed by atoms with Gasteiger partial charge in [0.15, 0.2) is 5.82 Å². The van der Waals surface area contributed by atoms with E-state index in [2.05, 4.69) is 29.7 Å². The summed E-state index contributed by atoms with van der Waals surface area (Å²) in [5.74, 6) is 3.10. The van der Waals surface area contributed by atoms with Crippen molar-refractivity contribution in [2.24, 2.45) is 0 Å². The molecule has 1 N–H and O–H groups in total. The Bertz CT molecular complexity index is 760. The summed E-state index contributed by atoms with van der Waals surface area (Å²) in [6.45, 7) is 2.43. The number of rotatable bonds is 5. The second-order valence-electron chi connectivity index (χ2n) is 5.63. The Kier molecular flexibility index (Phi) is 3.85. The molecular formula is C16H18N6O. The summed E-state index contributed by atoms with van der Waals surface area (Å²) in [6, 6.07) is 3.81. The van der Waals surface area contributed by atoms with Crippen molar-refractivity contribution in [3.05, 3.63) is 48.6 Å². The SMILES string of the molecule is c1cc(-c2n[nH]c(CCn3ccnc3[C@@H]3CCOC3)n2)ccn1. The molecule has 0 amide bonds. The molecule has 1 atom stereocenters. The summed E-state index contributed by atoms with van der Waals surface area (Å²) in [5.41, 5.74) is 0.967. The molecule has 3 aromatic rings. The van der Waals surface area contributed by atoms with Crippen molar-refractivity contribution in [3.63, 3.8) is 0 Å². The van der Waals surface area contributed by atoms with Crippen LogP contribution in [0.5, 0.6) is 0 Å². The minimum absolute atomic E-state index is 0.409. The van der Waals surface area contributed by atoms with Gasteiger partial charge in [-0.15, -0.1) is 0 Å². The molecule has 3 aromatic heterocycles. The van der Waals surface area contributed by atoms with Crippen LogP contribution in [0.3, 0.4) is 0 Å². The van der Waals surface area contributed by atoms with Gasteiger partial charge >= 0.3 is 0 Å². The first-order valence-corrected chi connectivity index (χ1v) is 7.80. The molecular weight excluding hydrogens is 292 g/mol. The molecule has 4 rings (SSSR count). The molecule has 7 nitrogen and oxygen atoms in total. The maximum atomic E-state index is 5.46. The second-order valence-corrected chi connectivity index (χ2v) is 5.63. The van der Waals surface area contributed by atoms with Crippen LogP contribution in [0.25, 0.3) is 11.4 Å². The third-order valence-corrected chi connectivity index (χ3v) is 4.10. The van der Waals surface area contributed by atoms with Crippen LogP contribution in [0.1, 0.15) is 24.0 Å². The fourth-order valence-electron chi connectivity index (χ4n) is 2.87. The number of hydrogen-bond donors (Lipinski definition) is 1. The fraction of sp³-hybridized carbons (Fsp3) is 0.375. The molecule has 0 aliphatic carbocycles. The average molecular weight is 310 g/mol. The van der Waals surface area contributed by atoms with Gasteiger partial charge in [0.25, 0.3) is 0 Å². The second kappa shape index (κ2) is 6.29. The maximum Gasteiger partial charge on any atom is 0.181 e. The van der Waals surface area contributed by atoms with E-state index in [-0.39, 0.29) is 0 Å². The lowest BCUT2D eigenvalue weighted by Crippen LogP contribution is -2.11. The van der Waals surface area contributed by atoms with Gasteiger partial charge in [-0.05, 0) is 18.6 Å². The van der Waals surface area contributed by atoms with Crippen LogP contribution in [0, 0.1) is 0 Å². The van der Waals surface area contributed by atoms with Gasteiger partial charge in [-0.2, -0.15) is 5.10 Å². The zero-order valence-electron chi connectivity index (χ0n) is 12.7. The molecule has 118 valence electrons. The molecule has 0 saturated carbocycles. The molecule has 1 aliphatic heterocycles. The molecule has 1 aliphatic rings. The van der Waals surface area contributed by atoms with E-state index in [1.807, 2.05) is 24.5 Å². The zero-order chi connectivity index (χ0) is 15.5. The number of aryl methyl sites for hydroxylation is 2. The third-order valence-electron chi connectivity index (χ3n) is 4.10. The smallest absolute Gasteiger partial charge is 0.181 e. The van der Waals surface area contributed by atoms with Gasteiger partial charge in [0, 0.05) is 55.8 Å². The van der Waals surface area contributed by atoms with E-state index in [0.29, 0.717) is 11.7 Å². The summed E-state index contributed by atoms with van der Waals surface area (Å²) < 4.78 is 7.65. The summed E-state index contributed by atoms with van der Waals surface area (Å²) in [4.78, 5) is 13.1. The highest BCUT2D eigenvalue weighted by Gasteiger charge is 2.22. The maximum absolute atomic E-state index is 5.46. The summed E-state index contributed by atoms with van der Waals surface area (Å²) in [5, 5.41) is 7.29. The number of imidazole rings is 1. The van der Waals surface area contributed by atoms with Gasteiger partial charge in [-0.25, -0.2) is 9.97 Å². The van der Waals surface area contributed by atoms with Gasteiger partial charge in [0.2, 0.25) is 0 Å². The Morgan fingerprint density at radius 2 is 2.17 bits per heavy atom. The molecule has 4 heterocycles. The summed E-state index contributed by atoms with van der Waals surface area (Å²) in [7, 11) is 0. The lowest BCUT2D eigenvalue weighted by molar-refractivity contribution is 0.192. The quantitative estimate of drug-likeness (QED) is 0.777. The molecule has 1 saturated heterocycles. The Morgan fingerprint density at radius 1 is 1.26 bits per heavy atom. The highest BCUT2D eigenvalue weighted by Crippen LogP contribution is 2.23. The van der Waals surface area contributed by atoms with Crippen LogP contribution in [-0.2, 0) is 17.7 Å². The summed E-state index contributed by atoms with van der Waals surface area (Å²) in [6.07, 6.45) is 9.20. The molecule has 0 radical (unpaired) electrons. The molecule has 0 spiro atoms. The predicted molar refractivity (Wildman–Crippen MR) is 83.7 cm³/mol. The minimum Gasteiger partial charge on any atom is -0.381 e. The van der Waals surface area contributed by atoms with Gasteiger partial charge in [-0.1, -0.05) is 0 Å². The van der Waals surface area contributed by atoms with E-state index in [4.69, 9.17) is 4.74 Å². The van der Waals surface area contributed by atoms with Crippen LogP contribution in [0.15, 0.2) is 36.9 Å². The normalized spacial score (nSPS) is 17.7. The van der Waals surface area contributed by atoms with Crippen LogP contribution >= 0.6 is 0 Å². The van der Waals surface area contributed by atoms with Crippen LogP contribution < -0.4 is 0 Å². The van der Waals surface area contributed by atoms with E-state index in [0.717, 1.165) is 49.8 Å². The van der Waals surface area contributed by atoms with Crippen molar-refractivity contribution in [3.8, 4) is 11.4 Å². The minimum atomic E-state index is 0.409. The third kappa shape index (κ3) is 3.00. The number of nitrogens with zero attached hydrogens (tertiary/aromatic N) is 5. The molecule has 0 unspecified atom stereocenters. The predicted octanol–water partition coefficient (Wildman–Crippen LogP) is 1.81. The Labute approximate surface area is 133 Å². The first-order valence-electron chi connectivity index (χ1n) is 7.80. The van der Waals surface area contributed by atoms with Crippen molar-refractivity contribution < 1.29 is 4.74 Å². The molecule has 23 heavy (non-hydrogen) atoms. The largest absolute Gasteiger partial charge is 0.381 e. The van der Waals surface area contributed by atoms with Crippen molar-refractivity contribution in [1.29, 1.82) is 0 Å². The molecule has 0 aromatic carbocycles. The number of aromatic amines is 1. The number of nitrogens with one attached hydrogen (secondary N) is 1. The Balaban J connectivity index is 1.44. The van der Waals surface area contributed by atoms with Gasteiger partial charge in [0.05, 0.1) is 6.61 Å². The number of hydrogen-bond acceptors (Lipinski definition) is 5. The van der Waals surface area contributed by atoms with E-state index in [9.17, 15) is 0 Å². The molecule has 7 heteroatoms. The number of pyridine rings is 1. The first kappa shape index (κ1) is 14.1. The van der Waals surface area contributed by atoms with E-state index < -0.39 is 0 Å². The van der Waals surface area contributed by atoms with Crippen molar-refractivity contribution in [2.75, 3.05) is 13.2 Å². The average Bonchev–Trinajstić information content (AvgIpc) is 3.33. The number of ether oxygens (including phenoxy) is 1. The lowest BCUT2D eigenvalue weighted by atomic mass is 10.1. The lowest BCUT2D eigenvalue weighted by Gasteiger charge is -2.10. The molecule has 0 bridgehead atoms. The van der Waals surface area contributed by atoms with Crippen LogP contribution in [-0.4, -0.2) is 42.9 Å². The van der Waals surface area contributed by atoms with Crippen molar-refractivity contribution in [1.82, 2.24) is 29.7 Å². The Hall–Kier alpha value is -2.54. The molecule has 1 fully saturated rings. The van der Waals surface area contributed by atoms with E-state index in [1.165, 1.54) is 0 Å². The Morgan fingerprint density at radius 3 is 3.00 bits per heavy atom. The van der Waals surface area contributed by atoms with Crippen molar-refractivity contribution >= 4 is 0 Å². The van der Waals surface area contributed by atoms with E-state index in [1.54, 1.807) is 12.4 Å². The topological polar surface area (TPSA) is 81.5 Å². The van der Waals surface area contributed by atoms with E-state index >= 15 is 0 Å². The standard InChI is InChI=1S/C16H18N6O/c1-5-17-6-2-12(1)15-19-14(20-21-15)3-8-22-9-7-18-16(22)13-4-10-23-11-13/h1-2,5-7,9,13H,3-4,8,10-11H2,(H,19,20,21)/t13-/m1/s1. The number of H-pyrrole nitrogens is 1. The van der Waals surface area contributed by atoms with Crippen LogP contribution in [0.2, 0.25) is 0 Å². The van der Waals surface area contributed by atoms with Crippen molar-refractivity contribution in [2.45, 2.75) is 25.3 Å². The highest BCUT2D eigenvalue weighted by molar-refractivity contribution is 5.52. The summed E-state index contributed by atoms with van der Waals surface area (Å²) >= 11 is 0. The first-order chi connectivity index (χ1) is 11.4. The highest BCUT2D eigenvalue weighted by atomic mass is 16.5.